The summed E-state index contributed by atoms with van der Waals surface area (Å²) < 4.78 is 7.33. The molecular formula is C57H36N6. The van der Waals surface area contributed by atoms with Crippen molar-refractivity contribution in [1.82, 2.24) is 28.7 Å². The first-order chi connectivity index (χ1) is 31.3. The fraction of sp³-hybridized carbons (Fsp3) is 0. The quantitative estimate of drug-likeness (QED) is 0.168. The summed E-state index contributed by atoms with van der Waals surface area (Å²) in [7, 11) is 0. The molecule has 0 aliphatic carbocycles. The van der Waals surface area contributed by atoms with Gasteiger partial charge in [-0.25, -0.2) is 15.0 Å². The molecule has 0 spiro atoms. The van der Waals surface area contributed by atoms with Crippen molar-refractivity contribution >= 4 is 65.4 Å². The van der Waals surface area contributed by atoms with Crippen molar-refractivity contribution in [1.29, 1.82) is 0 Å². The molecule has 4 heterocycles. The lowest BCUT2D eigenvalue weighted by molar-refractivity contribution is 1.07. The van der Waals surface area contributed by atoms with Gasteiger partial charge >= 0.3 is 0 Å². The van der Waals surface area contributed by atoms with Crippen LogP contribution in [0.5, 0.6) is 0 Å². The third kappa shape index (κ3) is 5.35. The zero-order chi connectivity index (χ0) is 41.4. The van der Waals surface area contributed by atoms with Crippen LogP contribution in [0, 0.1) is 0 Å². The van der Waals surface area contributed by atoms with Crippen LogP contribution in [0.1, 0.15) is 0 Å². The van der Waals surface area contributed by atoms with Gasteiger partial charge < -0.3 is 13.7 Å². The van der Waals surface area contributed by atoms with Gasteiger partial charge in [0.05, 0.1) is 38.8 Å². The van der Waals surface area contributed by atoms with Crippen molar-refractivity contribution in [3.63, 3.8) is 0 Å². The number of rotatable bonds is 6. The maximum absolute atomic E-state index is 5.42. The van der Waals surface area contributed by atoms with Crippen LogP contribution in [-0.4, -0.2) is 28.7 Å². The van der Waals surface area contributed by atoms with E-state index in [1.165, 1.54) is 10.8 Å². The van der Waals surface area contributed by atoms with E-state index < -0.39 is 0 Å². The molecule has 6 heteroatoms. The van der Waals surface area contributed by atoms with Gasteiger partial charge in [0.25, 0.3) is 0 Å². The molecule has 294 valence electrons. The van der Waals surface area contributed by atoms with Crippen LogP contribution in [0.2, 0.25) is 0 Å². The van der Waals surface area contributed by atoms with E-state index in [1.54, 1.807) is 0 Å². The standard InChI is InChI=1S/C57H36N6/c1-5-20-37(21-6-1)55-58-56(38-22-7-2-8-23-38)60-57(59-55)46-36-45-42-29-14-17-33-48(42)62(40-26-11-4-12-27-40)53(45)51-44-30-15-18-34-49(44)63(54(46)51)50-35-19-31-43-41-28-13-16-32-47(41)61(52(43)50)39-24-9-3-10-25-39/h1-36H. The highest BCUT2D eigenvalue weighted by molar-refractivity contribution is 6.29. The predicted molar refractivity (Wildman–Crippen MR) is 259 cm³/mol. The van der Waals surface area contributed by atoms with Gasteiger partial charge in [0.2, 0.25) is 0 Å². The van der Waals surface area contributed by atoms with Gasteiger partial charge in [-0.15, -0.1) is 0 Å². The van der Waals surface area contributed by atoms with Gasteiger partial charge in [-0.3, -0.25) is 0 Å². The van der Waals surface area contributed by atoms with Gasteiger partial charge in [0.1, 0.15) is 0 Å². The molecule has 0 fully saturated rings. The van der Waals surface area contributed by atoms with Crippen LogP contribution >= 0.6 is 0 Å². The Morgan fingerprint density at radius 1 is 0.286 bits per heavy atom. The molecule has 0 saturated heterocycles. The number of nitrogens with zero attached hydrogens (tertiary/aromatic N) is 6. The molecule has 9 aromatic carbocycles. The molecule has 0 amide bonds. The fourth-order valence-electron chi connectivity index (χ4n) is 9.83. The highest BCUT2D eigenvalue weighted by atomic mass is 15.1. The Bertz CT molecular complexity index is 3830. The van der Waals surface area contributed by atoms with E-state index in [9.17, 15) is 0 Å². The number of fused-ring (bicyclic) bond motifs is 10. The fourth-order valence-corrected chi connectivity index (χ4v) is 9.83. The Morgan fingerprint density at radius 3 is 1.29 bits per heavy atom. The second-order valence-electron chi connectivity index (χ2n) is 16.0. The van der Waals surface area contributed by atoms with Crippen molar-refractivity contribution < 1.29 is 0 Å². The van der Waals surface area contributed by atoms with Crippen molar-refractivity contribution in [3.05, 3.63) is 218 Å². The van der Waals surface area contributed by atoms with Crippen LogP contribution < -0.4 is 0 Å². The van der Waals surface area contributed by atoms with Gasteiger partial charge in [-0.05, 0) is 54.6 Å². The zero-order valence-corrected chi connectivity index (χ0v) is 34.0. The molecule has 0 aliphatic heterocycles. The molecule has 13 aromatic rings. The molecule has 0 aliphatic rings. The summed E-state index contributed by atoms with van der Waals surface area (Å²) in [5.41, 5.74) is 12.7. The van der Waals surface area contributed by atoms with Crippen molar-refractivity contribution in [2.45, 2.75) is 0 Å². The average molecular weight is 805 g/mol. The van der Waals surface area contributed by atoms with Crippen molar-refractivity contribution in [2.75, 3.05) is 0 Å². The Labute approximate surface area is 362 Å². The van der Waals surface area contributed by atoms with Crippen LogP contribution in [0.3, 0.4) is 0 Å². The predicted octanol–water partition coefficient (Wildman–Crippen LogP) is 14.2. The zero-order valence-electron chi connectivity index (χ0n) is 34.0. The molecule has 6 nitrogen and oxygen atoms in total. The van der Waals surface area contributed by atoms with E-state index >= 15 is 0 Å². The van der Waals surface area contributed by atoms with E-state index in [-0.39, 0.29) is 0 Å². The monoisotopic (exact) mass is 804 g/mol. The summed E-state index contributed by atoms with van der Waals surface area (Å²) in [6.07, 6.45) is 0. The van der Waals surface area contributed by atoms with Crippen LogP contribution in [0.25, 0.3) is 117 Å². The summed E-state index contributed by atoms with van der Waals surface area (Å²) in [5, 5.41) is 6.92. The third-order valence-electron chi connectivity index (χ3n) is 12.5. The molecule has 0 atom stereocenters. The minimum absolute atomic E-state index is 0.603. The normalized spacial score (nSPS) is 11.8. The van der Waals surface area contributed by atoms with E-state index in [4.69, 9.17) is 15.0 Å². The molecule has 63 heavy (non-hydrogen) atoms. The van der Waals surface area contributed by atoms with Crippen molar-refractivity contribution in [3.8, 4) is 51.2 Å². The van der Waals surface area contributed by atoms with Gasteiger partial charge in [-0.2, -0.15) is 0 Å². The molecule has 4 aromatic heterocycles. The Kier molecular flexibility index (Phi) is 7.80. The minimum Gasteiger partial charge on any atom is -0.309 e. The highest BCUT2D eigenvalue weighted by Crippen LogP contribution is 2.47. The largest absolute Gasteiger partial charge is 0.309 e. The third-order valence-corrected chi connectivity index (χ3v) is 12.5. The van der Waals surface area contributed by atoms with E-state index in [0.29, 0.717) is 17.5 Å². The van der Waals surface area contributed by atoms with Gasteiger partial charge in [0.15, 0.2) is 17.5 Å². The summed E-state index contributed by atoms with van der Waals surface area (Å²) in [6, 6.07) is 77.3. The van der Waals surface area contributed by atoms with E-state index in [2.05, 4.69) is 196 Å². The smallest absolute Gasteiger partial charge is 0.166 e. The van der Waals surface area contributed by atoms with E-state index in [0.717, 1.165) is 88.4 Å². The molecule has 0 N–H and O–H groups in total. The molecule has 0 bridgehead atoms. The first-order valence-electron chi connectivity index (χ1n) is 21.3. The Morgan fingerprint density at radius 2 is 0.714 bits per heavy atom. The molecule has 13 rings (SSSR count). The van der Waals surface area contributed by atoms with E-state index in [1.807, 2.05) is 36.4 Å². The summed E-state index contributed by atoms with van der Waals surface area (Å²) in [5.74, 6) is 1.84. The van der Waals surface area contributed by atoms with Crippen LogP contribution in [0.4, 0.5) is 0 Å². The lowest BCUT2D eigenvalue weighted by Crippen LogP contribution is -2.04. The second-order valence-corrected chi connectivity index (χ2v) is 16.0. The average Bonchev–Trinajstić information content (AvgIpc) is 4.01. The minimum atomic E-state index is 0.603. The molecule has 0 radical (unpaired) electrons. The lowest BCUT2D eigenvalue weighted by Gasteiger charge is -2.17. The summed E-state index contributed by atoms with van der Waals surface area (Å²) >= 11 is 0. The number of aromatic nitrogens is 6. The lowest BCUT2D eigenvalue weighted by atomic mass is 10.0. The maximum Gasteiger partial charge on any atom is 0.166 e. The van der Waals surface area contributed by atoms with Crippen LogP contribution in [-0.2, 0) is 0 Å². The summed E-state index contributed by atoms with van der Waals surface area (Å²) in [4.78, 5) is 16.0. The number of benzene rings is 9. The highest BCUT2D eigenvalue weighted by Gasteiger charge is 2.28. The Balaban J connectivity index is 1.27. The van der Waals surface area contributed by atoms with Gasteiger partial charge in [0, 0.05) is 60.4 Å². The Hall–Kier alpha value is -8.61. The maximum atomic E-state index is 5.42. The SMILES string of the molecule is c1ccc(-c2nc(-c3ccccc3)nc(-c3cc4c5ccccc5n(-c5ccccc5)c4c4c5ccccc5n(-c5cccc6c7ccccc7n(-c7ccccc7)c56)c34)n2)cc1. The van der Waals surface area contributed by atoms with Crippen molar-refractivity contribution in [2.24, 2.45) is 0 Å². The molecule has 0 saturated carbocycles. The first-order valence-corrected chi connectivity index (χ1v) is 21.3. The summed E-state index contributed by atoms with van der Waals surface area (Å²) in [6.45, 7) is 0. The number of hydrogen-bond acceptors (Lipinski definition) is 3. The molecular weight excluding hydrogens is 769 g/mol. The topological polar surface area (TPSA) is 53.5 Å². The second kappa shape index (κ2) is 14.0. The van der Waals surface area contributed by atoms with Crippen LogP contribution in [0.15, 0.2) is 218 Å². The number of hydrogen-bond donors (Lipinski definition) is 0. The molecule has 0 unspecified atom stereocenters. The van der Waals surface area contributed by atoms with Gasteiger partial charge in [-0.1, -0.05) is 164 Å². The number of para-hydroxylation sites is 6. The first kappa shape index (κ1) is 35.2.